The smallest absolute Gasteiger partial charge is 0.317 e. The SMILES string of the molecule is O=C(NCC1CC12CCc1ccccc12)N(CCO)C1CC1. The number of carbonyl (C=O) groups excluding carboxylic acids is 1. The molecule has 2 atom stereocenters. The highest BCUT2D eigenvalue weighted by Crippen LogP contribution is 2.61. The number of hydrogen-bond donors (Lipinski definition) is 2. The van der Waals surface area contributed by atoms with E-state index >= 15 is 0 Å². The Hall–Kier alpha value is -1.55. The van der Waals surface area contributed by atoms with Crippen LogP contribution in [0.3, 0.4) is 0 Å². The molecule has 1 aromatic rings. The highest BCUT2D eigenvalue weighted by Gasteiger charge is 2.57. The van der Waals surface area contributed by atoms with Crippen molar-refractivity contribution in [3.05, 3.63) is 35.4 Å². The van der Waals surface area contributed by atoms with Gasteiger partial charge in [0.2, 0.25) is 0 Å². The molecule has 2 N–H and O–H groups in total. The zero-order valence-electron chi connectivity index (χ0n) is 12.9. The summed E-state index contributed by atoms with van der Waals surface area (Å²) >= 11 is 0. The minimum absolute atomic E-state index is 0.00452. The van der Waals surface area contributed by atoms with Crippen LogP contribution in [0.1, 0.15) is 36.8 Å². The first-order valence-electron chi connectivity index (χ1n) is 8.48. The van der Waals surface area contributed by atoms with Crippen molar-refractivity contribution in [1.82, 2.24) is 10.2 Å². The fourth-order valence-electron chi connectivity index (χ4n) is 4.26. The summed E-state index contributed by atoms with van der Waals surface area (Å²) in [6.45, 7) is 1.27. The van der Waals surface area contributed by atoms with Crippen LogP contribution in [-0.4, -0.2) is 41.8 Å². The van der Waals surface area contributed by atoms with Crippen LogP contribution in [0.2, 0.25) is 0 Å². The number of nitrogens with one attached hydrogen (secondary N) is 1. The minimum Gasteiger partial charge on any atom is -0.395 e. The Morgan fingerprint density at radius 3 is 2.95 bits per heavy atom. The number of hydrogen-bond acceptors (Lipinski definition) is 2. The maximum absolute atomic E-state index is 12.3. The first kappa shape index (κ1) is 14.1. The van der Waals surface area contributed by atoms with E-state index in [2.05, 4.69) is 29.6 Å². The van der Waals surface area contributed by atoms with Crippen molar-refractivity contribution in [1.29, 1.82) is 0 Å². The second-order valence-corrected chi connectivity index (χ2v) is 7.05. The standard InChI is InChI=1S/C18H24N2O2/c21-10-9-20(15-5-6-15)17(22)19-12-14-11-18(14)8-7-13-3-1-2-4-16(13)18/h1-4,14-15,21H,5-12H2,(H,19,22). The average Bonchev–Trinajstić information content (AvgIpc) is 3.43. The van der Waals surface area contributed by atoms with E-state index in [1.807, 2.05) is 0 Å². The maximum Gasteiger partial charge on any atom is 0.317 e. The lowest BCUT2D eigenvalue weighted by molar-refractivity contribution is 0.173. The Labute approximate surface area is 131 Å². The molecule has 3 aliphatic carbocycles. The van der Waals surface area contributed by atoms with Crippen LogP contribution >= 0.6 is 0 Å². The van der Waals surface area contributed by atoms with Gasteiger partial charge in [0.1, 0.15) is 0 Å². The Balaban J connectivity index is 1.35. The van der Waals surface area contributed by atoms with Gasteiger partial charge in [0.15, 0.2) is 0 Å². The molecule has 2 saturated carbocycles. The fourth-order valence-corrected chi connectivity index (χ4v) is 4.26. The molecule has 4 nitrogen and oxygen atoms in total. The third-order valence-corrected chi connectivity index (χ3v) is 5.72. The first-order chi connectivity index (χ1) is 10.7. The van der Waals surface area contributed by atoms with Gasteiger partial charge in [-0.3, -0.25) is 0 Å². The summed E-state index contributed by atoms with van der Waals surface area (Å²) in [5.41, 5.74) is 3.35. The summed E-state index contributed by atoms with van der Waals surface area (Å²) in [5.74, 6) is 0.579. The first-order valence-corrected chi connectivity index (χ1v) is 8.48. The molecule has 4 rings (SSSR count). The summed E-state index contributed by atoms with van der Waals surface area (Å²) in [5, 5.41) is 12.2. The minimum atomic E-state index is 0.00452. The van der Waals surface area contributed by atoms with Gasteiger partial charge in [0.25, 0.3) is 0 Å². The molecule has 1 aromatic carbocycles. The van der Waals surface area contributed by atoms with Crippen LogP contribution in [0.25, 0.3) is 0 Å². The van der Waals surface area contributed by atoms with Gasteiger partial charge >= 0.3 is 6.03 Å². The van der Waals surface area contributed by atoms with Crippen molar-refractivity contribution in [2.24, 2.45) is 5.92 Å². The highest BCUT2D eigenvalue weighted by molar-refractivity contribution is 5.75. The van der Waals surface area contributed by atoms with E-state index in [0.717, 1.165) is 19.4 Å². The molecule has 0 aromatic heterocycles. The van der Waals surface area contributed by atoms with Gasteiger partial charge in [-0.2, -0.15) is 0 Å². The number of amides is 2. The molecule has 0 heterocycles. The summed E-state index contributed by atoms with van der Waals surface area (Å²) in [6.07, 6.45) is 5.77. The van der Waals surface area contributed by atoms with E-state index in [-0.39, 0.29) is 12.6 Å². The molecule has 0 saturated heterocycles. The van der Waals surface area contributed by atoms with E-state index in [4.69, 9.17) is 5.11 Å². The fraction of sp³-hybridized carbons (Fsp3) is 0.611. The molecule has 1 spiro atoms. The summed E-state index contributed by atoms with van der Waals surface area (Å²) in [7, 11) is 0. The topological polar surface area (TPSA) is 52.6 Å². The second kappa shape index (κ2) is 5.27. The van der Waals surface area contributed by atoms with Crippen LogP contribution in [0, 0.1) is 5.92 Å². The van der Waals surface area contributed by atoms with Gasteiger partial charge in [0, 0.05) is 24.5 Å². The van der Waals surface area contributed by atoms with Crippen molar-refractivity contribution < 1.29 is 9.90 Å². The molecule has 118 valence electrons. The Kier molecular flexibility index (Phi) is 3.37. The molecule has 22 heavy (non-hydrogen) atoms. The van der Waals surface area contributed by atoms with Crippen LogP contribution in [-0.2, 0) is 11.8 Å². The van der Waals surface area contributed by atoms with E-state index in [1.54, 1.807) is 4.90 Å². The van der Waals surface area contributed by atoms with Crippen LogP contribution in [0.4, 0.5) is 4.79 Å². The highest BCUT2D eigenvalue weighted by atomic mass is 16.3. The third kappa shape index (κ3) is 2.30. The molecule has 2 fully saturated rings. The Bertz CT molecular complexity index is 584. The number of benzene rings is 1. The molecule has 2 unspecified atom stereocenters. The van der Waals surface area contributed by atoms with Gasteiger partial charge in [-0.25, -0.2) is 4.79 Å². The third-order valence-electron chi connectivity index (χ3n) is 5.72. The predicted octanol–water partition coefficient (Wildman–Crippen LogP) is 2.06. The molecule has 3 aliphatic rings. The Morgan fingerprint density at radius 2 is 2.18 bits per heavy atom. The van der Waals surface area contributed by atoms with Crippen molar-refractivity contribution in [3.8, 4) is 0 Å². The van der Waals surface area contributed by atoms with Crippen molar-refractivity contribution in [2.45, 2.75) is 43.6 Å². The molecule has 0 radical (unpaired) electrons. The number of carbonyl (C=O) groups is 1. The lowest BCUT2D eigenvalue weighted by Gasteiger charge is -2.22. The Morgan fingerprint density at radius 1 is 1.36 bits per heavy atom. The van der Waals surface area contributed by atoms with E-state index in [0.29, 0.717) is 23.9 Å². The lowest BCUT2D eigenvalue weighted by atomic mass is 9.95. The number of rotatable bonds is 5. The summed E-state index contributed by atoms with van der Waals surface area (Å²) in [6, 6.07) is 9.13. The number of nitrogens with zero attached hydrogens (tertiary/aromatic N) is 1. The van der Waals surface area contributed by atoms with Crippen LogP contribution < -0.4 is 5.32 Å². The number of fused-ring (bicyclic) bond motifs is 2. The summed E-state index contributed by atoms with van der Waals surface area (Å²) < 4.78 is 0. The van der Waals surface area contributed by atoms with E-state index in [9.17, 15) is 4.79 Å². The van der Waals surface area contributed by atoms with Crippen molar-refractivity contribution in [3.63, 3.8) is 0 Å². The molecule has 4 heteroatoms. The largest absolute Gasteiger partial charge is 0.395 e. The van der Waals surface area contributed by atoms with Crippen molar-refractivity contribution in [2.75, 3.05) is 19.7 Å². The lowest BCUT2D eigenvalue weighted by Crippen LogP contribution is -2.43. The zero-order valence-corrected chi connectivity index (χ0v) is 12.9. The van der Waals surface area contributed by atoms with Crippen LogP contribution in [0.5, 0.6) is 0 Å². The number of aliphatic hydroxyl groups is 1. The number of urea groups is 1. The molecular weight excluding hydrogens is 276 g/mol. The predicted molar refractivity (Wildman–Crippen MR) is 84.8 cm³/mol. The zero-order chi connectivity index (χ0) is 15.2. The van der Waals surface area contributed by atoms with Gasteiger partial charge in [-0.15, -0.1) is 0 Å². The van der Waals surface area contributed by atoms with Gasteiger partial charge < -0.3 is 15.3 Å². The average molecular weight is 300 g/mol. The van der Waals surface area contributed by atoms with E-state index < -0.39 is 0 Å². The maximum atomic E-state index is 12.3. The monoisotopic (exact) mass is 300 g/mol. The van der Waals surface area contributed by atoms with Gasteiger partial charge in [-0.05, 0) is 49.1 Å². The molecule has 0 bridgehead atoms. The van der Waals surface area contributed by atoms with Crippen molar-refractivity contribution >= 4 is 6.03 Å². The second-order valence-electron chi connectivity index (χ2n) is 7.05. The van der Waals surface area contributed by atoms with Gasteiger partial charge in [0.05, 0.1) is 6.61 Å². The quantitative estimate of drug-likeness (QED) is 0.874. The molecule has 2 amide bonds. The number of aryl methyl sites for hydroxylation is 1. The number of aliphatic hydroxyl groups excluding tert-OH is 1. The normalized spacial score (nSPS) is 28.5. The van der Waals surface area contributed by atoms with Crippen LogP contribution in [0.15, 0.2) is 24.3 Å². The molecular formula is C18H24N2O2. The molecule has 0 aliphatic heterocycles. The summed E-state index contributed by atoms with van der Waals surface area (Å²) in [4.78, 5) is 14.1. The van der Waals surface area contributed by atoms with Gasteiger partial charge in [-0.1, -0.05) is 24.3 Å². The van der Waals surface area contributed by atoms with E-state index in [1.165, 1.54) is 30.4 Å².